The molecule has 18 heavy (non-hydrogen) atoms. The van der Waals surface area contributed by atoms with Crippen LogP contribution in [-0.2, 0) is 6.54 Å². The van der Waals surface area contributed by atoms with Crippen LogP contribution in [0.25, 0.3) is 0 Å². The van der Waals surface area contributed by atoms with Gasteiger partial charge in [0.05, 0.1) is 10.7 Å². The van der Waals surface area contributed by atoms with Gasteiger partial charge in [0.1, 0.15) is 5.82 Å². The van der Waals surface area contributed by atoms with Gasteiger partial charge >= 0.3 is 0 Å². The Morgan fingerprint density at radius 3 is 2.56 bits per heavy atom. The highest BCUT2D eigenvalue weighted by Crippen LogP contribution is 2.26. The van der Waals surface area contributed by atoms with E-state index in [0.717, 1.165) is 15.7 Å². The van der Waals surface area contributed by atoms with Crippen molar-refractivity contribution in [3.63, 3.8) is 0 Å². The van der Waals surface area contributed by atoms with E-state index in [9.17, 15) is 4.39 Å². The molecule has 0 aromatic heterocycles. The molecule has 0 radical (unpaired) electrons. The molecule has 0 unspecified atom stereocenters. The van der Waals surface area contributed by atoms with Crippen LogP contribution < -0.4 is 5.32 Å². The molecule has 2 aromatic rings. The molecule has 0 heterocycles. The fourth-order valence-corrected chi connectivity index (χ4v) is 2.45. The summed E-state index contributed by atoms with van der Waals surface area (Å²) in [5.74, 6) is -0.268. The summed E-state index contributed by atoms with van der Waals surface area (Å²) in [7, 11) is 0. The van der Waals surface area contributed by atoms with E-state index in [2.05, 4.69) is 21.2 Å². The quantitative estimate of drug-likeness (QED) is 0.771. The molecule has 0 amide bonds. The third-order valence-electron chi connectivity index (χ3n) is 2.42. The number of rotatable bonds is 3. The summed E-state index contributed by atoms with van der Waals surface area (Å²) in [5, 5.41) is 4.32. The maximum Gasteiger partial charge on any atom is 0.124 e. The molecule has 5 heteroatoms. The van der Waals surface area contributed by atoms with Crippen LogP contribution in [0.4, 0.5) is 10.1 Å². The second kappa shape index (κ2) is 5.91. The predicted octanol–water partition coefficient (Wildman–Crippen LogP) is 5.51. The van der Waals surface area contributed by atoms with Crippen LogP contribution in [0.2, 0.25) is 10.0 Å². The van der Waals surface area contributed by atoms with Crippen molar-refractivity contribution in [2.75, 3.05) is 5.32 Å². The minimum Gasteiger partial charge on any atom is -0.380 e. The van der Waals surface area contributed by atoms with Crippen LogP contribution in [-0.4, -0.2) is 0 Å². The van der Waals surface area contributed by atoms with Gasteiger partial charge < -0.3 is 5.32 Å². The van der Waals surface area contributed by atoms with Gasteiger partial charge in [-0.2, -0.15) is 0 Å². The van der Waals surface area contributed by atoms with Crippen LogP contribution >= 0.6 is 39.1 Å². The van der Waals surface area contributed by atoms with Crippen LogP contribution in [0.3, 0.4) is 0 Å². The Hall–Kier alpha value is -0.770. The van der Waals surface area contributed by atoms with Crippen molar-refractivity contribution in [3.8, 4) is 0 Å². The standard InChI is InChI=1S/C13H9BrCl2FN/c14-11-6-10(17)3-1-8(11)7-18-13-4-2-9(15)5-12(13)16/h1-6,18H,7H2. The number of halogens is 4. The molecule has 0 spiro atoms. The second-order valence-corrected chi connectivity index (χ2v) is 5.41. The molecule has 2 aromatic carbocycles. The predicted molar refractivity (Wildman–Crippen MR) is 77.9 cm³/mol. The summed E-state index contributed by atoms with van der Waals surface area (Å²) in [4.78, 5) is 0. The Labute approximate surface area is 123 Å². The van der Waals surface area contributed by atoms with Gasteiger partial charge in [-0.1, -0.05) is 45.2 Å². The maximum absolute atomic E-state index is 12.9. The van der Waals surface area contributed by atoms with E-state index in [1.807, 2.05) is 6.07 Å². The van der Waals surface area contributed by atoms with Gasteiger partial charge in [-0.15, -0.1) is 0 Å². The summed E-state index contributed by atoms with van der Waals surface area (Å²) in [6.07, 6.45) is 0. The minimum absolute atomic E-state index is 0.268. The average molecular weight is 349 g/mol. The molecule has 94 valence electrons. The lowest BCUT2D eigenvalue weighted by atomic mass is 10.2. The number of nitrogens with one attached hydrogen (secondary N) is 1. The van der Waals surface area contributed by atoms with Crippen LogP contribution in [0.1, 0.15) is 5.56 Å². The first kappa shape index (κ1) is 13.7. The number of hydrogen-bond donors (Lipinski definition) is 1. The summed E-state index contributed by atoms with van der Waals surface area (Å²) < 4.78 is 13.7. The first-order valence-corrected chi connectivity index (χ1v) is 6.74. The monoisotopic (exact) mass is 347 g/mol. The molecule has 0 atom stereocenters. The third kappa shape index (κ3) is 3.37. The SMILES string of the molecule is Fc1ccc(CNc2ccc(Cl)cc2Cl)c(Br)c1. The molecule has 1 N–H and O–H groups in total. The highest BCUT2D eigenvalue weighted by Gasteiger charge is 2.04. The van der Waals surface area contributed by atoms with Crippen molar-refractivity contribution >= 4 is 44.8 Å². The average Bonchev–Trinajstić information content (AvgIpc) is 2.30. The van der Waals surface area contributed by atoms with E-state index < -0.39 is 0 Å². The van der Waals surface area contributed by atoms with Crippen molar-refractivity contribution in [2.24, 2.45) is 0 Å². The molecular weight excluding hydrogens is 340 g/mol. The fourth-order valence-electron chi connectivity index (χ4n) is 1.49. The van der Waals surface area contributed by atoms with Crippen LogP contribution in [0, 0.1) is 5.82 Å². The van der Waals surface area contributed by atoms with E-state index in [1.165, 1.54) is 12.1 Å². The zero-order valence-electron chi connectivity index (χ0n) is 9.18. The van der Waals surface area contributed by atoms with E-state index in [4.69, 9.17) is 23.2 Å². The number of hydrogen-bond acceptors (Lipinski definition) is 1. The van der Waals surface area contributed by atoms with Crippen molar-refractivity contribution in [2.45, 2.75) is 6.54 Å². The molecule has 0 fully saturated rings. The van der Waals surface area contributed by atoms with E-state index in [-0.39, 0.29) is 5.82 Å². The Morgan fingerprint density at radius 1 is 1.11 bits per heavy atom. The summed E-state index contributed by atoms with van der Waals surface area (Å²) >= 11 is 15.2. The topological polar surface area (TPSA) is 12.0 Å². The first-order valence-electron chi connectivity index (χ1n) is 5.19. The molecule has 0 saturated carbocycles. The number of benzene rings is 2. The van der Waals surface area contributed by atoms with E-state index in [1.54, 1.807) is 18.2 Å². The second-order valence-electron chi connectivity index (χ2n) is 3.71. The molecule has 0 aliphatic carbocycles. The maximum atomic E-state index is 12.9. The molecule has 0 aliphatic rings. The van der Waals surface area contributed by atoms with E-state index in [0.29, 0.717) is 16.6 Å². The highest BCUT2D eigenvalue weighted by atomic mass is 79.9. The largest absolute Gasteiger partial charge is 0.380 e. The van der Waals surface area contributed by atoms with Gasteiger partial charge in [0.2, 0.25) is 0 Å². The van der Waals surface area contributed by atoms with Crippen molar-refractivity contribution in [1.29, 1.82) is 0 Å². The molecule has 2 rings (SSSR count). The van der Waals surface area contributed by atoms with Crippen molar-refractivity contribution in [1.82, 2.24) is 0 Å². The van der Waals surface area contributed by atoms with Crippen molar-refractivity contribution < 1.29 is 4.39 Å². The molecule has 0 bridgehead atoms. The molecular formula is C13H9BrCl2FN. The van der Waals surface area contributed by atoms with Gasteiger partial charge in [0, 0.05) is 16.0 Å². The molecule has 1 nitrogen and oxygen atoms in total. The third-order valence-corrected chi connectivity index (χ3v) is 3.70. The van der Waals surface area contributed by atoms with Crippen LogP contribution in [0.15, 0.2) is 40.9 Å². The highest BCUT2D eigenvalue weighted by molar-refractivity contribution is 9.10. The first-order chi connectivity index (χ1) is 8.56. The Kier molecular flexibility index (Phi) is 4.49. The Bertz CT molecular complexity index is 523. The van der Waals surface area contributed by atoms with E-state index >= 15 is 0 Å². The lowest BCUT2D eigenvalue weighted by Gasteiger charge is -2.10. The molecule has 0 aliphatic heterocycles. The number of anilines is 1. The minimum atomic E-state index is -0.268. The summed E-state index contributed by atoms with van der Waals surface area (Å²) in [5.41, 5.74) is 1.74. The van der Waals surface area contributed by atoms with Gasteiger partial charge in [0.15, 0.2) is 0 Å². The lowest BCUT2D eigenvalue weighted by Crippen LogP contribution is -2.01. The summed E-state index contributed by atoms with van der Waals surface area (Å²) in [6, 6.07) is 9.81. The normalized spacial score (nSPS) is 10.4. The zero-order chi connectivity index (χ0) is 13.1. The fraction of sp³-hybridized carbons (Fsp3) is 0.0769. The van der Waals surface area contributed by atoms with Crippen molar-refractivity contribution in [3.05, 3.63) is 62.3 Å². The summed E-state index contributed by atoms with van der Waals surface area (Å²) in [6.45, 7) is 0.544. The Morgan fingerprint density at radius 2 is 1.89 bits per heavy atom. The zero-order valence-corrected chi connectivity index (χ0v) is 12.3. The van der Waals surface area contributed by atoms with Crippen LogP contribution in [0.5, 0.6) is 0 Å². The lowest BCUT2D eigenvalue weighted by molar-refractivity contribution is 0.626. The van der Waals surface area contributed by atoms with Gasteiger partial charge in [-0.25, -0.2) is 4.39 Å². The Balaban J connectivity index is 2.11. The van der Waals surface area contributed by atoms with Gasteiger partial charge in [-0.05, 0) is 35.9 Å². The van der Waals surface area contributed by atoms with Gasteiger partial charge in [0.25, 0.3) is 0 Å². The van der Waals surface area contributed by atoms with Gasteiger partial charge in [-0.3, -0.25) is 0 Å². The molecule has 0 saturated heterocycles. The smallest absolute Gasteiger partial charge is 0.124 e.